The Kier molecular flexibility index (Phi) is 5.01. The van der Waals surface area contributed by atoms with E-state index in [0.717, 1.165) is 17.4 Å². The molecule has 0 bridgehead atoms. The normalized spacial score (nSPS) is 16.3. The molecule has 8 heteroatoms. The number of methoxy groups -OCH3 is 1. The Morgan fingerprint density at radius 1 is 1.19 bits per heavy atom. The molecule has 1 atom stereocenters. The minimum atomic E-state index is -3.57. The minimum Gasteiger partial charge on any atom is -0.495 e. The van der Waals surface area contributed by atoms with Crippen molar-refractivity contribution in [2.45, 2.75) is 20.0 Å². The van der Waals surface area contributed by atoms with E-state index in [4.69, 9.17) is 9.47 Å². The van der Waals surface area contributed by atoms with Crippen molar-refractivity contribution in [2.24, 2.45) is 0 Å². The summed E-state index contributed by atoms with van der Waals surface area (Å²) in [5.74, 6) is 0.424. The maximum atomic E-state index is 12.8. The van der Waals surface area contributed by atoms with Crippen molar-refractivity contribution >= 4 is 27.3 Å². The van der Waals surface area contributed by atoms with Crippen LogP contribution in [-0.4, -0.2) is 40.3 Å². The minimum absolute atomic E-state index is 0.102. The maximum absolute atomic E-state index is 12.8. The molecule has 0 radical (unpaired) electrons. The van der Waals surface area contributed by atoms with Gasteiger partial charge in [0.1, 0.15) is 11.5 Å². The maximum Gasteiger partial charge on any atom is 0.267 e. The summed E-state index contributed by atoms with van der Waals surface area (Å²) in [7, 11) is -2.05. The largest absolute Gasteiger partial charge is 0.495 e. The first kappa shape index (κ1) is 19.0. The van der Waals surface area contributed by atoms with Crippen LogP contribution in [0.15, 0.2) is 36.4 Å². The quantitative estimate of drug-likeness (QED) is 0.867. The molecule has 2 aromatic rings. The molecular formula is C19H22N2O5S. The van der Waals surface area contributed by atoms with Crippen LogP contribution in [0.1, 0.15) is 11.1 Å². The van der Waals surface area contributed by atoms with Gasteiger partial charge in [0.05, 0.1) is 31.3 Å². The van der Waals surface area contributed by atoms with E-state index in [1.54, 1.807) is 24.3 Å². The van der Waals surface area contributed by atoms with Crippen molar-refractivity contribution in [3.8, 4) is 11.5 Å². The molecule has 144 valence electrons. The molecular weight excluding hydrogens is 368 g/mol. The summed E-state index contributed by atoms with van der Waals surface area (Å²) in [6.07, 6.45) is 0.128. The number of fused-ring (bicyclic) bond motifs is 1. The first-order valence-electron chi connectivity index (χ1n) is 8.39. The second-order valence-corrected chi connectivity index (χ2v) is 8.47. The van der Waals surface area contributed by atoms with Gasteiger partial charge >= 0.3 is 0 Å². The highest BCUT2D eigenvalue weighted by Gasteiger charge is 2.35. The predicted octanol–water partition coefficient (Wildman–Crippen LogP) is 2.48. The van der Waals surface area contributed by atoms with Gasteiger partial charge in [-0.1, -0.05) is 12.1 Å². The summed E-state index contributed by atoms with van der Waals surface area (Å²) in [5, 5.41) is 2.78. The van der Waals surface area contributed by atoms with Crippen LogP contribution in [0.25, 0.3) is 0 Å². The SMILES string of the molecule is COc1ccc(C)cc1NC(=O)[C@H]1CN(S(C)(=O)=O)c2cc(C)ccc2O1. The van der Waals surface area contributed by atoms with Crippen molar-refractivity contribution in [3.05, 3.63) is 47.5 Å². The van der Waals surface area contributed by atoms with E-state index < -0.39 is 22.0 Å². The lowest BCUT2D eigenvalue weighted by molar-refractivity contribution is -0.122. The van der Waals surface area contributed by atoms with Crippen molar-refractivity contribution in [1.82, 2.24) is 0 Å². The Balaban J connectivity index is 1.91. The average molecular weight is 390 g/mol. The fourth-order valence-electron chi connectivity index (χ4n) is 2.94. The van der Waals surface area contributed by atoms with E-state index in [-0.39, 0.29) is 6.54 Å². The lowest BCUT2D eigenvalue weighted by Gasteiger charge is -2.34. The molecule has 0 saturated heterocycles. The van der Waals surface area contributed by atoms with Crippen LogP contribution in [-0.2, 0) is 14.8 Å². The Labute approximate surface area is 158 Å². The van der Waals surface area contributed by atoms with Crippen LogP contribution in [0.2, 0.25) is 0 Å². The van der Waals surface area contributed by atoms with Gasteiger partial charge < -0.3 is 14.8 Å². The van der Waals surface area contributed by atoms with Gasteiger partial charge in [-0.3, -0.25) is 9.10 Å². The number of rotatable bonds is 4. The summed E-state index contributed by atoms with van der Waals surface area (Å²) >= 11 is 0. The molecule has 1 heterocycles. The third kappa shape index (κ3) is 4.00. The summed E-state index contributed by atoms with van der Waals surface area (Å²) in [4.78, 5) is 12.8. The second-order valence-electron chi connectivity index (χ2n) is 6.56. The molecule has 0 aliphatic carbocycles. The second kappa shape index (κ2) is 7.11. The monoisotopic (exact) mass is 390 g/mol. The molecule has 0 aromatic heterocycles. The summed E-state index contributed by atoms with van der Waals surface area (Å²) in [6, 6.07) is 10.6. The lowest BCUT2D eigenvalue weighted by atomic mass is 10.1. The Morgan fingerprint density at radius 3 is 2.52 bits per heavy atom. The van der Waals surface area contributed by atoms with Crippen LogP contribution in [0.4, 0.5) is 11.4 Å². The van der Waals surface area contributed by atoms with Crippen LogP contribution >= 0.6 is 0 Å². The number of amides is 1. The standard InChI is InChI=1S/C19H22N2O5S/c1-12-5-7-16(25-3)14(9-12)20-19(22)18-11-21(27(4,23)24)15-10-13(2)6-8-17(15)26-18/h5-10,18H,11H2,1-4H3,(H,20,22)/t18-/m1/s1. The predicted molar refractivity (Wildman–Crippen MR) is 104 cm³/mol. The molecule has 1 aliphatic rings. The molecule has 7 nitrogen and oxygen atoms in total. The van der Waals surface area contributed by atoms with Gasteiger partial charge in [-0.05, 0) is 49.2 Å². The van der Waals surface area contributed by atoms with Gasteiger partial charge in [0, 0.05) is 0 Å². The molecule has 2 aromatic carbocycles. The fraction of sp³-hybridized carbons (Fsp3) is 0.316. The van der Waals surface area contributed by atoms with Gasteiger partial charge in [-0.25, -0.2) is 8.42 Å². The number of nitrogens with zero attached hydrogens (tertiary/aromatic N) is 1. The number of aryl methyl sites for hydroxylation is 2. The fourth-order valence-corrected chi connectivity index (χ4v) is 3.85. The molecule has 1 aliphatic heterocycles. The number of ether oxygens (including phenoxy) is 2. The van der Waals surface area contributed by atoms with Crippen molar-refractivity contribution < 1.29 is 22.7 Å². The number of anilines is 2. The first-order valence-corrected chi connectivity index (χ1v) is 10.2. The van der Waals surface area contributed by atoms with E-state index >= 15 is 0 Å². The van der Waals surface area contributed by atoms with E-state index in [9.17, 15) is 13.2 Å². The Hall–Kier alpha value is -2.74. The number of carbonyl (C=O) groups is 1. The molecule has 27 heavy (non-hydrogen) atoms. The van der Waals surface area contributed by atoms with Gasteiger partial charge in [0.2, 0.25) is 10.0 Å². The number of nitrogens with one attached hydrogen (secondary N) is 1. The van der Waals surface area contributed by atoms with Gasteiger partial charge in [-0.2, -0.15) is 0 Å². The molecule has 1 amide bonds. The van der Waals surface area contributed by atoms with E-state index in [0.29, 0.717) is 22.9 Å². The first-order chi connectivity index (χ1) is 12.7. The van der Waals surface area contributed by atoms with Crippen molar-refractivity contribution in [3.63, 3.8) is 0 Å². The van der Waals surface area contributed by atoms with Crippen molar-refractivity contribution in [1.29, 1.82) is 0 Å². The van der Waals surface area contributed by atoms with Crippen LogP contribution in [0.3, 0.4) is 0 Å². The third-order valence-electron chi connectivity index (χ3n) is 4.29. The number of carbonyl (C=O) groups excluding carboxylic acids is 1. The summed E-state index contributed by atoms with van der Waals surface area (Å²) < 4.78 is 36.8. The van der Waals surface area contributed by atoms with Crippen LogP contribution in [0, 0.1) is 13.8 Å². The number of hydrogen-bond acceptors (Lipinski definition) is 5. The zero-order valence-corrected chi connectivity index (χ0v) is 16.5. The third-order valence-corrected chi connectivity index (χ3v) is 5.44. The van der Waals surface area contributed by atoms with Crippen LogP contribution < -0.4 is 19.1 Å². The summed E-state index contributed by atoms with van der Waals surface area (Å²) in [6.45, 7) is 3.66. The molecule has 0 saturated carbocycles. The topological polar surface area (TPSA) is 84.9 Å². The van der Waals surface area contributed by atoms with Crippen LogP contribution in [0.5, 0.6) is 11.5 Å². The number of hydrogen-bond donors (Lipinski definition) is 1. The smallest absolute Gasteiger partial charge is 0.267 e. The Bertz CT molecular complexity index is 988. The Morgan fingerprint density at radius 2 is 1.85 bits per heavy atom. The van der Waals surface area contributed by atoms with Crippen molar-refractivity contribution in [2.75, 3.05) is 29.5 Å². The number of benzene rings is 2. The molecule has 3 rings (SSSR count). The van der Waals surface area contributed by atoms with Gasteiger partial charge in [-0.15, -0.1) is 0 Å². The zero-order valence-electron chi connectivity index (χ0n) is 15.6. The summed E-state index contributed by atoms with van der Waals surface area (Å²) in [5.41, 5.74) is 2.80. The lowest BCUT2D eigenvalue weighted by Crippen LogP contribution is -2.48. The zero-order chi connectivity index (χ0) is 19.8. The molecule has 0 fully saturated rings. The highest BCUT2D eigenvalue weighted by molar-refractivity contribution is 7.92. The molecule has 0 spiro atoms. The number of sulfonamides is 1. The van der Waals surface area contributed by atoms with E-state index in [2.05, 4.69) is 5.32 Å². The molecule has 1 N–H and O–H groups in total. The molecule has 0 unspecified atom stereocenters. The van der Waals surface area contributed by atoms with E-state index in [1.165, 1.54) is 11.4 Å². The average Bonchev–Trinajstić information content (AvgIpc) is 2.60. The van der Waals surface area contributed by atoms with E-state index in [1.807, 2.05) is 26.0 Å². The van der Waals surface area contributed by atoms with Gasteiger partial charge in [0.25, 0.3) is 5.91 Å². The highest BCUT2D eigenvalue weighted by Crippen LogP contribution is 2.36. The highest BCUT2D eigenvalue weighted by atomic mass is 32.2. The van der Waals surface area contributed by atoms with Gasteiger partial charge in [0.15, 0.2) is 6.10 Å².